The molecule has 1 unspecified atom stereocenters. The lowest BCUT2D eigenvalue weighted by Crippen LogP contribution is -2.29. The molecule has 0 radical (unpaired) electrons. The summed E-state index contributed by atoms with van der Waals surface area (Å²) < 4.78 is 0. The van der Waals surface area contributed by atoms with Crippen LogP contribution in [-0.2, 0) is 0 Å². The van der Waals surface area contributed by atoms with Crippen LogP contribution < -0.4 is 11.1 Å². The van der Waals surface area contributed by atoms with Crippen LogP contribution in [0.4, 0.5) is 0 Å². The summed E-state index contributed by atoms with van der Waals surface area (Å²) in [5.41, 5.74) is 8.30. The zero-order chi connectivity index (χ0) is 12.5. The number of aliphatic hydroxyl groups excluding tert-OH is 1. The zero-order valence-electron chi connectivity index (χ0n) is 10.7. The fourth-order valence-corrected chi connectivity index (χ4v) is 1.83. The van der Waals surface area contributed by atoms with Gasteiger partial charge in [-0.2, -0.15) is 0 Å². The lowest BCUT2D eigenvalue weighted by atomic mass is 10.1. The first-order valence-corrected chi connectivity index (χ1v) is 6.38. The van der Waals surface area contributed by atoms with E-state index in [9.17, 15) is 0 Å². The molecule has 0 heterocycles. The quantitative estimate of drug-likeness (QED) is 0.603. The third-order valence-electron chi connectivity index (χ3n) is 2.94. The summed E-state index contributed by atoms with van der Waals surface area (Å²) in [4.78, 5) is 0. The highest BCUT2D eigenvalue weighted by atomic mass is 16.2. The fraction of sp³-hybridized carbons (Fsp3) is 0.571. The number of aryl methyl sites for hydroxylation is 1. The molecule has 0 aliphatic heterocycles. The van der Waals surface area contributed by atoms with Gasteiger partial charge in [-0.25, -0.2) is 0 Å². The second-order valence-corrected chi connectivity index (χ2v) is 4.44. The fourth-order valence-electron chi connectivity index (χ4n) is 1.83. The van der Waals surface area contributed by atoms with Crippen LogP contribution in [-0.4, -0.2) is 24.8 Å². The van der Waals surface area contributed by atoms with E-state index in [1.54, 1.807) is 0 Å². The van der Waals surface area contributed by atoms with Crippen molar-refractivity contribution in [2.24, 2.45) is 5.73 Å². The Kier molecular flexibility index (Phi) is 6.86. The van der Waals surface area contributed by atoms with Crippen LogP contribution in [0.2, 0.25) is 0 Å². The SMILES string of the molecule is Cc1ccc(C(CN)NCCCCCO)cc1. The van der Waals surface area contributed by atoms with E-state index in [-0.39, 0.29) is 12.6 Å². The van der Waals surface area contributed by atoms with Crippen LogP contribution in [0.5, 0.6) is 0 Å². The molecule has 0 aliphatic carbocycles. The average Bonchev–Trinajstić information content (AvgIpc) is 2.35. The van der Waals surface area contributed by atoms with E-state index in [2.05, 4.69) is 36.5 Å². The Bertz CT molecular complexity index is 298. The topological polar surface area (TPSA) is 58.3 Å². The van der Waals surface area contributed by atoms with E-state index in [4.69, 9.17) is 10.8 Å². The lowest BCUT2D eigenvalue weighted by molar-refractivity contribution is 0.282. The van der Waals surface area contributed by atoms with Crippen molar-refractivity contribution in [3.8, 4) is 0 Å². The van der Waals surface area contributed by atoms with Crippen LogP contribution in [0.15, 0.2) is 24.3 Å². The number of nitrogens with two attached hydrogens (primary N) is 1. The molecule has 0 saturated carbocycles. The van der Waals surface area contributed by atoms with Gasteiger partial charge in [-0.15, -0.1) is 0 Å². The molecule has 17 heavy (non-hydrogen) atoms. The summed E-state index contributed by atoms with van der Waals surface area (Å²) in [7, 11) is 0. The second-order valence-electron chi connectivity index (χ2n) is 4.44. The van der Waals surface area contributed by atoms with E-state index in [1.165, 1.54) is 11.1 Å². The Balaban J connectivity index is 2.35. The molecule has 4 N–H and O–H groups in total. The molecule has 1 aromatic rings. The molecule has 0 spiro atoms. The number of hydrogen-bond acceptors (Lipinski definition) is 3. The highest BCUT2D eigenvalue weighted by Gasteiger charge is 2.07. The maximum Gasteiger partial charge on any atom is 0.0444 e. The monoisotopic (exact) mass is 236 g/mol. The number of hydrogen-bond donors (Lipinski definition) is 3. The number of unbranched alkanes of at least 4 members (excludes halogenated alkanes) is 2. The Morgan fingerprint density at radius 1 is 1.18 bits per heavy atom. The largest absolute Gasteiger partial charge is 0.396 e. The maximum atomic E-state index is 8.68. The van der Waals surface area contributed by atoms with Crippen LogP contribution in [0.25, 0.3) is 0 Å². The van der Waals surface area contributed by atoms with Crippen LogP contribution >= 0.6 is 0 Å². The molecule has 0 aromatic heterocycles. The van der Waals surface area contributed by atoms with Gasteiger partial charge in [-0.3, -0.25) is 0 Å². The van der Waals surface area contributed by atoms with Crippen molar-refractivity contribution < 1.29 is 5.11 Å². The molecule has 0 saturated heterocycles. The third-order valence-corrected chi connectivity index (χ3v) is 2.94. The van der Waals surface area contributed by atoms with Crippen molar-refractivity contribution in [2.75, 3.05) is 19.7 Å². The predicted molar refractivity (Wildman–Crippen MR) is 71.9 cm³/mol. The molecule has 3 nitrogen and oxygen atoms in total. The maximum absolute atomic E-state index is 8.68. The Labute approximate surface area is 104 Å². The van der Waals surface area contributed by atoms with Crippen molar-refractivity contribution in [3.63, 3.8) is 0 Å². The molecular weight excluding hydrogens is 212 g/mol. The number of aliphatic hydroxyl groups is 1. The average molecular weight is 236 g/mol. The minimum Gasteiger partial charge on any atom is -0.396 e. The van der Waals surface area contributed by atoms with Crippen molar-refractivity contribution in [2.45, 2.75) is 32.2 Å². The highest BCUT2D eigenvalue weighted by molar-refractivity contribution is 5.24. The Morgan fingerprint density at radius 3 is 2.47 bits per heavy atom. The molecule has 0 aliphatic rings. The van der Waals surface area contributed by atoms with E-state index in [0.717, 1.165) is 25.8 Å². The van der Waals surface area contributed by atoms with Crippen LogP contribution in [0, 0.1) is 6.92 Å². The summed E-state index contributed by atoms with van der Waals surface area (Å²) in [6, 6.07) is 8.74. The van der Waals surface area contributed by atoms with Crippen molar-refractivity contribution in [1.29, 1.82) is 0 Å². The van der Waals surface area contributed by atoms with Crippen molar-refractivity contribution in [1.82, 2.24) is 5.32 Å². The number of nitrogens with one attached hydrogen (secondary N) is 1. The van der Waals surface area contributed by atoms with Gasteiger partial charge in [-0.05, 0) is 38.3 Å². The molecule has 96 valence electrons. The van der Waals surface area contributed by atoms with Gasteiger partial charge in [0.25, 0.3) is 0 Å². The first-order valence-electron chi connectivity index (χ1n) is 6.38. The van der Waals surface area contributed by atoms with Crippen molar-refractivity contribution >= 4 is 0 Å². The summed E-state index contributed by atoms with van der Waals surface area (Å²) in [5.74, 6) is 0. The van der Waals surface area contributed by atoms with Gasteiger partial charge in [0.2, 0.25) is 0 Å². The third kappa shape index (κ3) is 5.31. The van der Waals surface area contributed by atoms with E-state index < -0.39 is 0 Å². The summed E-state index contributed by atoms with van der Waals surface area (Å²) in [6.07, 6.45) is 3.04. The zero-order valence-corrected chi connectivity index (χ0v) is 10.7. The van der Waals surface area contributed by atoms with Crippen molar-refractivity contribution in [3.05, 3.63) is 35.4 Å². The molecule has 1 atom stereocenters. The molecule has 0 amide bonds. The van der Waals surface area contributed by atoms with Gasteiger partial charge in [-0.1, -0.05) is 29.8 Å². The Morgan fingerprint density at radius 2 is 1.88 bits per heavy atom. The second kappa shape index (κ2) is 8.23. The van der Waals surface area contributed by atoms with Crippen LogP contribution in [0.3, 0.4) is 0 Å². The molecule has 0 fully saturated rings. The van der Waals surface area contributed by atoms with Gasteiger partial charge in [0.05, 0.1) is 0 Å². The Hall–Kier alpha value is -0.900. The molecular formula is C14H24N2O. The normalized spacial score (nSPS) is 12.6. The van der Waals surface area contributed by atoms with Gasteiger partial charge in [0, 0.05) is 19.2 Å². The first-order chi connectivity index (χ1) is 8.27. The minimum atomic E-state index is 0.240. The lowest BCUT2D eigenvalue weighted by Gasteiger charge is -2.17. The first kappa shape index (κ1) is 14.2. The van der Waals surface area contributed by atoms with E-state index >= 15 is 0 Å². The highest BCUT2D eigenvalue weighted by Crippen LogP contribution is 2.12. The smallest absolute Gasteiger partial charge is 0.0444 e. The summed E-state index contributed by atoms with van der Waals surface area (Å²) >= 11 is 0. The molecule has 0 bridgehead atoms. The molecule has 3 heteroatoms. The van der Waals surface area contributed by atoms with Crippen LogP contribution in [0.1, 0.15) is 36.4 Å². The number of benzene rings is 1. The van der Waals surface area contributed by atoms with E-state index in [1.807, 2.05) is 0 Å². The van der Waals surface area contributed by atoms with Gasteiger partial charge >= 0.3 is 0 Å². The molecule has 1 aromatic carbocycles. The standard InChI is InChI=1S/C14H24N2O/c1-12-5-7-13(8-6-12)14(11-15)16-9-3-2-4-10-17/h5-8,14,16-17H,2-4,9-11,15H2,1H3. The summed E-state index contributed by atoms with van der Waals surface area (Å²) in [5, 5.41) is 12.1. The van der Waals surface area contributed by atoms with Gasteiger partial charge in [0.15, 0.2) is 0 Å². The molecule has 1 rings (SSSR count). The predicted octanol–water partition coefficient (Wildman–Crippen LogP) is 1.75. The number of rotatable bonds is 8. The van der Waals surface area contributed by atoms with Gasteiger partial charge < -0.3 is 16.2 Å². The van der Waals surface area contributed by atoms with Gasteiger partial charge in [0.1, 0.15) is 0 Å². The van der Waals surface area contributed by atoms with E-state index in [0.29, 0.717) is 6.54 Å². The minimum absolute atomic E-state index is 0.240. The summed E-state index contributed by atoms with van der Waals surface area (Å²) in [6.45, 7) is 3.95.